The molecule has 0 aliphatic heterocycles. The average Bonchev–Trinajstić information content (AvgIpc) is 3.12. The van der Waals surface area contributed by atoms with E-state index in [2.05, 4.69) is 15.5 Å². The van der Waals surface area contributed by atoms with E-state index in [0.29, 0.717) is 11.8 Å². The van der Waals surface area contributed by atoms with Gasteiger partial charge >= 0.3 is 0 Å². The van der Waals surface area contributed by atoms with Crippen LogP contribution in [0.5, 0.6) is 0 Å². The lowest BCUT2D eigenvalue weighted by molar-refractivity contribution is -0.115. The van der Waals surface area contributed by atoms with E-state index in [-0.39, 0.29) is 12.3 Å². The quantitative estimate of drug-likeness (QED) is 0.799. The topological polar surface area (TPSA) is 68.0 Å². The standard InChI is InChI=1S/C16H15N3O2S/c1-10-3-4-13(11(2)7-10)17-14(20)8-15-18-19-16(21-15)12-5-6-22-9-12/h3-7,9H,8H2,1-2H3,(H,17,20). The highest BCUT2D eigenvalue weighted by Gasteiger charge is 2.13. The molecule has 0 aliphatic carbocycles. The number of amides is 1. The summed E-state index contributed by atoms with van der Waals surface area (Å²) in [5, 5.41) is 14.6. The Labute approximate surface area is 132 Å². The van der Waals surface area contributed by atoms with E-state index in [1.807, 2.05) is 48.9 Å². The fourth-order valence-corrected chi connectivity index (χ4v) is 2.74. The minimum absolute atomic E-state index is 0.0600. The van der Waals surface area contributed by atoms with Gasteiger partial charge in [-0.05, 0) is 36.9 Å². The summed E-state index contributed by atoms with van der Waals surface area (Å²) >= 11 is 1.56. The number of nitrogens with one attached hydrogen (secondary N) is 1. The zero-order valence-corrected chi connectivity index (χ0v) is 13.1. The number of hydrogen-bond donors (Lipinski definition) is 1. The van der Waals surface area contributed by atoms with E-state index < -0.39 is 0 Å². The van der Waals surface area contributed by atoms with Gasteiger partial charge in [0.2, 0.25) is 17.7 Å². The summed E-state index contributed by atoms with van der Waals surface area (Å²) in [4.78, 5) is 12.1. The monoisotopic (exact) mass is 313 g/mol. The lowest BCUT2D eigenvalue weighted by atomic mass is 10.1. The average molecular weight is 313 g/mol. The number of benzene rings is 1. The van der Waals surface area contributed by atoms with Crippen molar-refractivity contribution in [2.45, 2.75) is 20.3 Å². The molecule has 6 heteroatoms. The van der Waals surface area contributed by atoms with Crippen molar-refractivity contribution in [3.8, 4) is 11.5 Å². The van der Waals surface area contributed by atoms with Crippen molar-refractivity contribution in [2.24, 2.45) is 0 Å². The highest BCUT2D eigenvalue weighted by Crippen LogP contribution is 2.21. The Kier molecular flexibility index (Phi) is 4.02. The number of anilines is 1. The molecule has 0 unspecified atom stereocenters. The number of aromatic nitrogens is 2. The highest BCUT2D eigenvalue weighted by molar-refractivity contribution is 7.08. The van der Waals surface area contributed by atoms with Crippen LogP contribution in [0.3, 0.4) is 0 Å². The molecule has 0 saturated carbocycles. The fourth-order valence-electron chi connectivity index (χ4n) is 2.11. The van der Waals surface area contributed by atoms with Gasteiger partial charge in [0.1, 0.15) is 6.42 Å². The molecule has 0 radical (unpaired) electrons. The van der Waals surface area contributed by atoms with E-state index in [4.69, 9.17) is 4.42 Å². The van der Waals surface area contributed by atoms with Crippen LogP contribution >= 0.6 is 11.3 Å². The minimum atomic E-state index is -0.174. The minimum Gasteiger partial charge on any atom is -0.420 e. The molecule has 112 valence electrons. The molecule has 1 aromatic carbocycles. The summed E-state index contributed by atoms with van der Waals surface area (Å²) in [6, 6.07) is 7.78. The summed E-state index contributed by atoms with van der Waals surface area (Å²) in [6.07, 6.45) is 0.0600. The first-order valence-electron chi connectivity index (χ1n) is 6.84. The van der Waals surface area contributed by atoms with E-state index >= 15 is 0 Å². The Morgan fingerprint density at radius 1 is 1.27 bits per heavy atom. The van der Waals surface area contributed by atoms with Crippen LogP contribution in [-0.2, 0) is 11.2 Å². The van der Waals surface area contributed by atoms with Crippen LogP contribution in [-0.4, -0.2) is 16.1 Å². The first-order chi connectivity index (χ1) is 10.6. The second kappa shape index (κ2) is 6.11. The van der Waals surface area contributed by atoms with Crippen LogP contribution in [0.1, 0.15) is 17.0 Å². The van der Waals surface area contributed by atoms with Gasteiger partial charge in [0.25, 0.3) is 0 Å². The van der Waals surface area contributed by atoms with Crippen LogP contribution in [0, 0.1) is 13.8 Å². The van der Waals surface area contributed by atoms with Crippen LogP contribution in [0.15, 0.2) is 39.4 Å². The molecule has 3 aromatic rings. The van der Waals surface area contributed by atoms with Gasteiger partial charge < -0.3 is 9.73 Å². The molecule has 0 bridgehead atoms. The smallest absolute Gasteiger partial charge is 0.248 e. The third-order valence-corrected chi connectivity index (χ3v) is 3.89. The number of carbonyl (C=O) groups excluding carboxylic acids is 1. The van der Waals surface area contributed by atoms with Gasteiger partial charge in [-0.15, -0.1) is 10.2 Å². The zero-order chi connectivity index (χ0) is 15.5. The Bertz CT molecular complexity index is 794. The van der Waals surface area contributed by atoms with Crippen molar-refractivity contribution < 1.29 is 9.21 Å². The lowest BCUT2D eigenvalue weighted by Gasteiger charge is -2.07. The van der Waals surface area contributed by atoms with E-state index in [1.165, 1.54) is 0 Å². The predicted octanol–water partition coefficient (Wildman–Crippen LogP) is 3.60. The number of nitrogens with zero attached hydrogens (tertiary/aromatic N) is 2. The summed E-state index contributed by atoms with van der Waals surface area (Å²) in [6.45, 7) is 3.98. The third kappa shape index (κ3) is 3.23. The summed E-state index contributed by atoms with van der Waals surface area (Å²) in [5.41, 5.74) is 3.86. The van der Waals surface area contributed by atoms with Crippen molar-refractivity contribution in [1.29, 1.82) is 0 Å². The molecule has 0 saturated heterocycles. The molecule has 3 rings (SSSR count). The number of rotatable bonds is 4. The van der Waals surface area contributed by atoms with Crippen LogP contribution in [0.25, 0.3) is 11.5 Å². The lowest BCUT2D eigenvalue weighted by Crippen LogP contribution is -2.15. The molecule has 5 nitrogen and oxygen atoms in total. The molecule has 0 atom stereocenters. The van der Waals surface area contributed by atoms with Crippen LogP contribution in [0.4, 0.5) is 5.69 Å². The second-order valence-electron chi connectivity index (χ2n) is 5.06. The molecule has 1 N–H and O–H groups in total. The van der Waals surface area contributed by atoms with Gasteiger partial charge in [0.05, 0.1) is 0 Å². The van der Waals surface area contributed by atoms with Gasteiger partial charge in [0.15, 0.2) is 0 Å². The summed E-state index contributed by atoms with van der Waals surface area (Å²) in [5.74, 6) is 0.575. The van der Waals surface area contributed by atoms with Crippen molar-refractivity contribution in [3.63, 3.8) is 0 Å². The van der Waals surface area contributed by atoms with Crippen molar-refractivity contribution in [1.82, 2.24) is 10.2 Å². The number of aryl methyl sites for hydroxylation is 2. The van der Waals surface area contributed by atoms with Crippen LogP contribution < -0.4 is 5.32 Å². The van der Waals surface area contributed by atoms with E-state index in [1.54, 1.807) is 11.3 Å². The summed E-state index contributed by atoms with van der Waals surface area (Å²) < 4.78 is 5.51. The normalized spacial score (nSPS) is 10.6. The number of hydrogen-bond acceptors (Lipinski definition) is 5. The Morgan fingerprint density at radius 3 is 2.86 bits per heavy atom. The zero-order valence-electron chi connectivity index (χ0n) is 12.3. The molecule has 0 fully saturated rings. The first-order valence-corrected chi connectivity index (χ1v) is 7.78. The predicted molar refractivity (Wildman–Crippen MR) is 85.9 cm³/mol. The fraction of sp³-hybridized carbons (Fsp3) is 0.188. The number of thiophene rings is 1. The molecule has 0 spiro atoms. The SMILES string of the molecule is Cc1ccc(NC(=O)Cc2nnc(-c3ccsc3)o2)c(C)c1. The Morgan fingerprint density at radius 2 is 2.14 bits per heavy atom. The maximum atomic E-state index is 12.1. The summed E-state index contributed by atoms with van der Waals surface area (Å²) in [7, 11) is 0. The van der Waals surface area contributed by atoms with Gasteiger partial charge in [0, 0.05) is 16.6 Å². The van der Waals surface area contributed by atoms with Gasteiger partial charge in [-0.2, -0.15) is 11.3 Å². The molecular formula is C16H15N3O2S. The molecule has 1 amide bonds. The highest BCUT2D eigenvalue weighted by atomic mass is 32.1. The maximum Gasteiger partial charge on any atom is 0.248 e. The molecule has 0 aliphatic rings. The van der Waals surface area contributed by atoms with Crippen LogP contribution in [0.2, 0.25) is 0 Å². The molecular weight excluding hydrogens is 298 g/mol. The Balaban J connectivity index is 1.67. The van der Waals surface area contributed by atoms with Crippen molar-refractivity contribution in [2.75, 3.05) is 5.32 Å². The Hall–Kier alpha value is -2.47. The van der Waals surface area contributed by atoms with Gasteiger partial charge in [-0.3, -0.25) is 4.79 Å². The molecule has 2 aromatic heterocycles. The van der Waals surface area contributed by atoms with Crippen molar-refractivity contribution >= 4 is 22.9 Å². The van der Waals surface area contributed by atoms with Gasteiger partial charge in [-0.1, -0.05) is 17.7 Å². The second-order valence-corrected chi connectivity index (χ2v) is 5.84. The van der Waals surface area contributed by atoms with E-state index in [0.717, 1.165) is 22.4 Å². The molecule has 2 heterocycles. The van der Waals surface area contributed by atoms with Gasteiger partial charge in [-0.25, -0.2) is 0 Å². The first kappa shape index (κ1) is 14.5. The maximum absolute atomic E-state index is 12.1. The molecule has 22 heavy (non-hydrogen) atoms. The third-order valence-electron chi connectivity index (χ3n) is 3.20. The largest absolute Gasteiger partial charge is 0.420 e. The number of carbonyl (C=O) groups is 1. The van der Waals surface area contributed by atoms with Crippen molar-refractivity contribution in [3.05, 3.63) is 52.0 Å². The van der Waals surface area contributed by atoms with E-state index in [9.17, 15) is 4.79 Å².